The van der Waals surface area contributed by atoms with Crippen molar-refractivity contribution in [3.63, 3.8) is 0 Å². The van der Waals surface area contributed by atoms with E-state index >= 15 is 0 Å². The van der Waals surface area contributed by atoms with Crippen LogP contribution in [0.3, 0.4) is 0 Å². The molecule has 0 saturated heterocycles. The van der Waals surface area contributed by atoms with E-state index in [9.17, 15) is 0 Å². The predicted octanol–water partition coefficient (Wildman–Crippen LogP) is 4.69. The molecule has 0 bridgehead atoms. The molecule has 114 valence electrons. The van der Waals surface area contributed by atoms with Gasteiger partial charge in [0.1, 0.15) is 0 Å². The third-order valence-electron chi connectivity index (χ3n) is 3.15. The van der Waals surface area contributed by atoms with E-state index in [0.29, 0.717) is 5.88 Å². The lowest BCUT2D eigenvalue weighted by Crippen LogP contribution is -2.45. The van der Waals surface area contributed by atoms with Gasteiger partial charge in [0.2, 0.25) is 0 Å². The Morgan fingerprint density at radius 2 is 1.60 bits per heavy atom. The number of hydrogen-bond donors (Lipinski definition) is 0. The number of alkyl halides is 1. The van der Waals surface area contributed by atoms with Gasteiger partial charge in [-0.05, 0) is 30.9 Å². The summed E-state index contributed by atoms with van der Waals surface area (Å²) in [7, 11) is -2.18. The zero-order valence-electron chi connectivity index (χ0n) is 12.7. The highest BCUT2D eigenvalue weighted by Crippen LogP contribution is 2.23. The van der Waals surface area contributed by atoms with Crippen molar-refractivity contribution in [1.82, 2.24) is 0 Å². The van der Waals surface area contributed by atoms with Gasteiger partial charge in [-0.2, -0.15) is 0 Å². The molecule has 1 aromatic carbocycles. The first-order valence-corrected chi connectivity index (χ1v) is 10.4. The Morgan fingerprint density at radius 1 is 1.00 bits per heavy atom. The Morgan fingerprint density at radius 3 is 2.10 bits per heavy atom. The van der Waals surface area contributed by atoms with Gasteiger partial charge in [0, 0.05) is 25.1 Å². The van der Waals surface area contributed by atoms with Crippen LogP contribution in [0.15, 0.2) is 30.3 Å². The highest BCUT2D eigenvalue weighted by Gasteiger charge is 2.37. The average Bonchev–Trinajstić information content (AvgIpc) is 2.49. The molecule has 4 heteroatoms. The number of hydrogen-bond acceptors (Lipinski definition) is 2. The fourth-order valence-corrected chi connectivity index (χ4v) is 6.03. The summed E-state index contributed by atoms with van der Waals surface area (Å²) in [5.74, 6) is 0.675. The molecule has 20 heavy (non-hydrogen) atoms. The second kappa shape index (κ2) is 10.4. The molecule has 0 fully saturated rings. The van der Waals surface area contributed by atoms with Gasteiger partial charge in [0.15, 0.2) is 0 Å². The minimum atomic E-state index is -2.18. The van der Waals surface area contributed by atoms with Crippen molar-refractivity contribution in [3.8, 4) is 0 Å². The average molecular weight is 315 g/mol. The van der Waals surface area contributed by atoms with Crippen molar-refractivity contribution in [2.75, 3.05) is 19.1 Å². The maximum absolute atomic E-state index is 6.25. The summed E-state index contributed by atoms with van der Waals surface area (Å²) in [5.41, 5.74) is 1.31. The van der Waals surface area contributed by atoms with Crippen LogP contribution >= 0.6 is 11.6 Å². The topological polar surface area (TPSA) is 18.5 Å². The molecule has 0 heterocycles. The van der Waals surface area contributed by atoms with Gasteiger partial charge in [-0.15, -0.1) is 11.6 Å². The quantitative estimate of drug-likeness (QED) is 0.435. The summed E-state index contributed by atoms with van der Waals surface area (Å²) >= 11 is 5.89. The maximum Gasteiger partial charge on any atom is 0.342 e. The Kier molecular flexibility index (Phi) is 9.19. The molecule has 0 aromatic heterocycles. The smallest absolute Gasteiger partial charge is 0.342 e. The molecule has 1 aromatic rings. The fraction of sp³-hybridized carbons (Fsp3) is 0.625. The highest BCUT2D eigenvalue weighted by molar-refractivity contribution is 6.67. The van der Waals surface area contributed by atoms with Gasteiger partial charge in [0.05, 0.1) is 0 Å². The van der Waals surface area contributed by atoms with Crippen LogP contribution < -0.4 is 0 Å². The molecule has 0 atom stereocenters. The summed E-state index contributed by atoms with van der Waals surface area (Å²) < 4.78 is 12.5. The van der Waals surface area contributed by atoms with Crippen molar-refractivity contribution >= 4 is 20.2 Å². The van der Waals surface area contributed by atoms with E-state index in [1.807, 2.05) is 6.07 Å². The summed E-state index contributed by atoms with van der Waals surface area (Å²) in [4.78, 5) is 0. The number of rotatable bonds is 11. The molecule has 0 aliphatic heterocycles. The van der Waals surface area contributed by atoms with Crippen LogP contribution in [0.25, 0.3) is 0 Å². The third kappa shape index (κ3) is 6.40. The van der Waals surface area contributed by atoms with Gasteiger partial charge in [0.25, 0.3) is 0 Å². The summed E-state index contributed by atoms with van der Waals surface area (Å²) in [6.07, 6.45) is 3.02. The van der Waals surface area contributed by atoms with Gasteiger partial charge >= 0.3 is 8.56 Å². The molecular weight excluding hydrogens is 288 g/mol. The minimum absolute atomic E-state index is 0.675. The zero-order valence-corrected chi connectivity index (χ0v) is 14.5. The molecule has 1 rings (SSSR count). The Balaban J connectivity index is 2.81. The van der Waals surface area contributed by atoms with Gasteiger partial charge in [-0.25, -0.2) is 0 Å². The standard InChI is InChI=1S/C16H27ClO2Si/c1-3-12-18-20(14-8-11-17,19-13-4-2)15-16-9-6-5-7-10-16/h5-7,9-10H,3-4,8,11-15H2,1-2H3. The molecule has 0 aliphatic carbocycles. The Hall–Kier alpha value is -0.353. The number of halogens is 1. The largest absolute Gasteiger partial charge is 0.394 e. The zero-order chi connectivity index (χ0) is 14.7. The highest BCUT2D eigenvalue weighted by atomic mass is 35.5. The second-order valence-corrected chi connectivity index (χ2v) is 8.69. The summed E-state index contributed by atoms with van der Waals surface area (Å²) in [5, 5.41) is 0. The molecular formula is C16H27ClO2Si. The van der Waals surface area contributed by atoms with E-state index in [0.717, 1.165) is 44.6 Å². The van der Waals surface area contributed by atoms with Crippen molar-refractivity contribution in [3.05, 3.63) is 35.9 Å². The molecule has 0 unspecified atom stereocenters. The Bertz CT molecular complexity index is 324. The van der Waals surface area contributed by atoms with E-state index in [1.165, 1.54) is 5.56 Å². The van der Waals surface area contributed by atoms with Crippen LogP contribution in [0.4, 0.5) is 0 Å². The predicted molar refractivity (Wildman–Crippen MR) is 88.5 cm³/mol. The monoisotopic (exact) mass is 314 g/mol. The lowest BCUT2D eigenvalue weighted by Gasteiger charge is -2.31. The maximum atomic E-state index is 6.25. The second-order valence-electron chi connectivity index (χ2n) is 5.06. The first-order valence-electron chi connectivity index (χ1n) is 7.64. The number of benzene rings is 1. The summed E-state index contributed by atoms with van der Waals surface area (Å²) in [6, 6.07) is 12.4. The molecule has 2 nitrogen and oxygen atoms in total. The van der Waals surface area contributed by atoms with Gasteiger partial charge in [-0.3, -0.25) is 0 Å². The molecule has 0 saturated carbocycles. The Labute approximate surface area is 129 Å². The van der Waals surface area contributed by atoms with Crippen molar-refractivity contribution < 1.29 is 8.85 Å². The van der Waals surface area contributed by atoms with Crippen LogP contribution in [-0.4, -0.2) is 27.7 Å². The van der Waals surface area contributed by atoms with Crippen LogP contribution in [0.1, 0.15) is 38.7 Å². The van der Waals surface area contributed by atoms with Crippen molar-refractivity contribution in [2.24, 2.45) is 0 Å². The van der Waals surface area contributed by atoms with E-state index in [1.54, 1.807) is 0 Å². The fourth-order valence-electron chi connectivity index (χ4n) is 2.20. The molecule has 0 amide bonds. The van der Waals surface area contributed by atoms with Gasteiger partial charge in [-0.1, -0.05) is 44.2 Å². The first-order chi connectivity index (χ1) is 9.76. The molecule has 0 spiro atoms. The van der Waals surface area contributed by atoms with Crippen LogP contribution in [-0.2, 0) is 14.9 Å². The van der Waals surface area contributed by atoms with E-state index in [-0.39, 0.29) is 0 Å². The van der Waals surface area contributed by atoms with E-state index < -0.39 is 8.56 Å². The lowest BCUT2D eigenvalue weighted by atomic mass is 10.2. The molecule has 0 N–H and O–H groups in total. The van der Waals surface area contributed by atoms with Crippen LogP contribution in [0.5, 0.6) is 0 Å². The summed E-state index contributed by atoms with van der Waals surface area (Å²) in [6.45, 7) is 5.85. The normalized spacial score (nSPS) is 11.8. The van der Waals surface area contributed by atoms with Crippen LogP contribution in [0, 0.1) is 0 Å². The molecule has 0 radical (unpaired) electrons. The third-order valence-corrected chi connectivity index (χ3v) is 6.94. The van der Waals surface area contributed by atoms with Crippen LogP contribution in [0.2, 0.25) is 6.04 Å². The van der Waals surface area contributed by atoms with Crippen molar-refractivity contribution in [2.45, 2.75) is 45.2 Å². The first kappa shape index (κ1) is 17.7. The van der Waals surface area contributed by atoms with E-state index in [4.69, 9.17) is 20.5 Å². The molecule has 0 aliphatic rings. The van der Waals surface area contributed by atoms with Crippen molar-refractivity contribution in [1.29, 1.82) is 0 Å². The lowest BCUT2D eigenvalue weighted by molar-refractivity contribution is 0.166. The SMILES string of the molecule is CCCO[Si](CCCCl)(Cc1ccccc1)OCCC. The van der Waals surface area contributed by atoms with Gasteiger partial charge < -0.3 is 8.85 Å². The minimum Gasteiger partial charge on any atom is -0.394 e. The van der Waals surface area contributed by atoms with E-state index in [2.05, 4.69) is 38.1 Å².